The molecule has 4 nitrogen and oxygen atoms in total. The van der Waals surface area contributed by atoms with Gasteiger partial charge in [-0.25, -0.2) is 0 Å². The van der Waals surface area contributed by atoms with E-state index in [-0.39, 0.29) is 5.75 Å². The van der Waals surface area contributed by atoms with E-state index in [0.29, 0.717) is 12.1 Å². The third kappa shape index (κ3) is 5.35. The Kier molecular flexibility index (Phi) is 7.22. The zero-order valence-corrected chi connectivity index (χ0v) is 19.3. The summed E-state index contributed by atoms with van der Waals surface area (Å²) in [5.74, 6) is -0.180. The molecule has 1 fully saturated rings. The Morgan fingerprint density at radius 3 is 2.56 bits per heavy atom. The predicted molar refractivity (Wildman–Crippen MR) is 123 cm³/mol. The molecule has 2 aliphatic rings. The van der Waals surface area contributed by atoms with Crippen LogP contribution in [0.15, 0.2) is 52.3 Å². The summed E-state index contributed by atoms with van der Waals surface area (Å²) in [7, 11) is 0. The van der Waals surface area contributed by atoms with Crippen LogP contribution in [0.2, 0.25) is 0 Å². The van der Waals surface area contributed by atoms with Gasteiger partial charge in [-0.1, -0.05) is 37.7 Å². The van der Waals surface area contributed by atoms with Gasteiger partial charge in [-0.05, 0) is 43.5 Å². The van der Waals surface area contributed by atoms with Crippen LogP contribution in [0.3, 0.4) is 0 Å². The third-order valence-electron chi connectivity index (χ3n) is 6.24. The molecule has 8 heteroatoms. The SMILES string of the molecule is CCC1CN(CCCN2c3ccccc3Sc3ccc(OC(F)(F)F)cc32)C(CC)CN1. The number of rotatable bonds is 7. The van der Waals surface area contributed by atoms with Crippen molar-refractivity contribution in [2.75, 3.05) is 31.1 Å². The highest BCUT2D eigenvalue weighted by molar-refractivity contribution is 7.99. The minimum absolute atomic E-state index is 0.180. The molecule has 0 saturated carbocycles. The molecular weight excluding hydrogens is 435 g/mol. The molecule has 0 spiro atoms. The maximum atomic E-state index is 12.8. The molecule has 2 unspecified atom stereocenters. The van der Waals surface area contributed by atoms with Crippen LogP contribution in [0.4, 0.5) is 24.5 Å². The monoisotopic (exact) mass is 465 g/mol. The topological polar surface area (TPSA) is 27.7 Å². The summed E-state index contributed by atoms with van der Waals surface area (Å²) in [5, 5.41) is 3.63. The number of nitrogens with zero attached hydrogens (tertiary/aromatic N) is 2. The van der Waals surface area contributed by atoms with Crippen LogP contribution in [0, 0.1) is 0 Å². The standard InChI is InChI=1S/C24H30F3N3OS/c1-3-17-16-29(18(4-2)15-28-17)12-7-13-30-20-8-5-6-9-22(20)32-23-11-10-19(14-21(23)30)31-24(25,26)27/h5-6,8-11,14,17-18,28H,3-4,7,12-13,15-16H2,1-2H3. The van der Waals surface area contributed by atoms with Crippen molar-refractivity contribution < 1.29 is 17.9 Å². The number of hydrogen-bond donors (Lipinski definition) is 1. The van der Waals surface area contributed by atoms with Crippen LogP contribution < -0.4 is 15.0 Å². The fraction of sp³-hybridized carbons (Fsp3) is 0.500. The summed E-state index contributed by atoms with van der Waals surface area (Å²) in [4.78, 5) is 6.77. The van der Waals surface area contributed by atoms with Crippen molar-refractivity contribution in [3.8, 4) is 5.75 Å². The lowest BCUT2D eigenvalue weighted by Gasteiger charge is -2.40. The number of ether oxygens (including phenoxy) is 1. The van der Waals surface area contributed by atoms with E-state index in [1.165, 1.54) is 12.1 Å². The van der Waals surface area contributed by atoms with Crippen LogP contribution in [-0.2, 0) is 0 Å². The Balaban J connectivity index is 1.53. The summed E-state index contributed by atoms with van der Waals surface area (Å²) in [6.45, 7) is 8.19. The fourth-order valence-electron chi connectivity index (χ4n) is 4.56. The van der Waals surface area contributed by atoms with Crippen LogP contribution >= 0.6 is 11.8 Å². The zero-order chi connectivity index (χ0) is 22.7. The molecule has 2 heterocycles. The molecule has 1 saturated heterocycles. The summed E-state index contributed by atoms with van der Waals surface area (Å²) < 4.78 is 42.6. The highest BCUT2D eigenvalue weighted by Gasteiger charge is 2.32. The van der Waals surface area contributed by atoms with Crippen molar-refractivity contribution in [2.24, 2.45) is 0 Å². The van der Waals surface area contributed by atoms with E-state index >= 15 is 0 Å². The van der Waals surface area contributed by atoms with E-state index in [4.69, 9.17) is 0 Å². The average molecular weight is 466 g/mol. The number of piperazine rings is 1. The molecule has 2 aromatic carbocycles. The third-order valence-corrected chi connectivity index (χ3v) is 7.37. The Hall–Kier alpha value is -1.90. The first kappa shape index (κ1) is 23.3. The van der Waals surface area contributed by atoms with E-state index in [0.717, 1.165) is 66.6 Å². The van der Waals surface area contributed by atoms with Crippen molar-refractivity contribution in [1.82, 2.24) is 10.2 Å². The number of hydrogen-bond acceptors (Lipinski definition) is 5. The van der Waals surface area contributed by atoms with Crippen molar-refractivity contribution in [1.29, 1.82) is 0 Å². The number of halogens is 3. The lowest BCUT2D eigenvalue weighted by molar-refractivity contribution is -0.274. The summed E-state index contributed by atoms with van der Waals surface area (Å²) in [6, 6.07) is 13.7. The van der Waals surface area contributed by atoms with E-state index in [1.54, 1.807) is 17.8 Å². The molecule has 0 amide bonds. The first-order chi connectivity index (χ1) is 15.4. The minimum Gasteiger partial charge on any atom is -0.406 e. The van der Waals surface area contributed by atoms with Gasteiger partial charge in [0.1, 0.15) is 5.75 Å². The molecular formula is C24H30F3N3OS. The number of nitrogens with one attached hydrogen (secondary N) is 1. The molecule has 0 aromatic heterocycles. The normalized spacial score (nSPS) is 21.2. The fourth-order valence-corrected chi connectivity index (χ4v) is 5.63. The second kappa shape index (κ2) is 9.93. The van der Waals surface area contributed by atoms with Gasteiger partial charge in [0.25, 0.3) is 0 Å². The predicted octanol–water partition coefficient (Wildman–Crippen LogP) is 6.04. The van der Waals surface area contributed by atoms with E-state index < -0.39 is 6.36 Å². The second-order valence-corrected chi connectivity index (χ2v) is 9.41. The van der Waals surface area contributed by atoms with Gasteiger partial charge in [-0.2, -0.15) is 0 Å². The van der Waals surface area contributed by atoms with Gasteiger partial charge >= 0.3 is 6.36 Å². The lowest BCUT2D eigenvalue weighted by atomic mass is 10.0. The second-order valence-electron chi connectivity index (χ2n) is 8.32. The highest BCUT2D eigenvalue weighted by atomic mass is 32.2. The van der Waals surface area contributed by atoms with Crippen molar-refractivity contribution in [3.63, 3.8) is 0 Å². The van der Waals surface area contributed by atoms with E-state index in [1.807, 2.05) is 18.2 Å². The Labute approximate surface area is 192 Å². The minimum atomic E-state index is -4.70. The van der Waals surface area contributed by atoms with Gasteiger partial charge in [0.05, 0.1) is 11.4 Å². The van der Waals surface area contributed by atoms with Gasteiger partial charge in [-0.3, -0.25) is 4.90 Å². The number of alkyl halides is 3. The number of anilines is 2. The summed E-state index contributed by atoms with van der Waals surface area (Å²) in [5.41, 5.74) is 1.81. The first-order valence-electron chi connectivity index (χ1n) is 11.3. The molecule has 32 heavy (non-hydrogen) atoms. The Bertz CT molecular complexity index is 924. The van der Waals surface area contributed by atoms with Crippen LogP contribution in [-0.4, -0.2) is 49.5 Å². The number of benzene rings is 2. The van der Waals surface area contributed by atoms with Gasteiger partial charge in [0, 0.05) is 54.1 Å². The largest absolute Gasteiger partial charge is 0.573 e. The quantitative estimate of drug-likeness (QED) is 0.538. The van der Waals surface area contributed by atoms with Gasteiger partial charge < -0.3 is 15.0 Å². The van der Waals surface area contributed by atoms with Crippen molar-refractivity contribution >= 4 is 23.1 Å². The number of para-hydroxylation sites is 1. The first-order valence-corrected chi connectivity index (χ1v) is 12.1. The van der Waals surface area contributed by atoms with E-state index in [9.17, 15) is 13.2 Å². The molecule has 2 atom stereocenters. The molecule has 0 aliphatic carbocycles. The Morgan fingerprint density at radius 1 is 1.03 bits per heavy atom. The van der Waals surface area contributed by atoms with Gasteiger partial charge in [0.15, 0.2) is 0 Å². The maximum absolute atomic E-state index is 12.8. The Morgan fingerprint density at radius 2 is 1.81 bits per heavy atom. The average Bonchev–Trinajstić information content (AvgIpc) is 2.77. The molecule has 2 aromatic rings. The maximum Gasteiger partial charge on any atom is 0.573 e. The molecule has 4 rings (SSSR count). The van der Waals surface area contributed by atoms with E-state index in [2.05, 4.69) is 39.8 Å². The summed E-state index contributed by atoms with van der Waals surface area (Å²) in [6.07, 6.45) is -1.56. The van der Waals surface area contributed by atoms with Crippen LogP contribution in [0.25, 0.3) is 0 Å². The smallest absolute Gasteiger partial charge is 0.406 e. The highest BCUT2D eigenvalue weighted by Crippen LogP contribution is 2.49. The molecule has 0 bridgehead atoms. The van der Waals surface area contributed by atoms with Crippen LogP contribution in [0.5, 0.6) is 5.75 Å². The van der Waals surface area contributed by atoms with Crippen LogP contribution in [0.1, 0.15) is 33.1 Å². The summed E-state index contributed by atoms with van der Waals surface area (Å²) >= 11 is 1.58. The molecule has 2 aliphatic heterocycles. The lowest BCUT2D eigenvalue weighted by Crippen LogP contribution is -2.56. The van der Waals surface area contributed by atoms with Crippen molar-refractivity contribution in [3.05, 3.63) is 42.5 Å². The van der Waals surface area contributed by atoms with Crippen molar-refractivity contribution in [2.45, 2.75) is 61.3 Å². The van der Waals surface area contributed by atoms with Gasteiger partial charge in [0.2, 0.25) is 0 Å². The van der Waals surface area contributed by atoms with Gasteiger partial charge in [-0.15, -0.1) is 13.2 Å². The molecule has 1 N–H and O–H groups in total. The molecule has 174 valence electrons. The zero-order valence-electron chi connectivity index (χ0n) is 18.5. The number of fused-ring (bicyclic) bond motifs is 2. The molecule has 0 radical (unpaired) electrons.